The highest BCUT2D eigenvalue weighted by Crippen LogP contribution is 2.30. The van der Waals surface area contributed by atoms with Gasteiger partial charge in [-0.2, -0.15) is 0 Å². The molecule has 1 fully saturated rings. The second kappa shape index (κ2) is 8.86. The SMILES string of the molecule is COc1cc(OC)cc(N2CCN(C(=O)c3ccccc3-c3ccncc3)CC2)c1. The van der Waals surface area contributed by atoms with Crippen LogP contribution in [-0.4, -0.2) is 56.2 Å². The number of amides is 1. The van der Waals surface area contributed by atoms with Gasteiger partial charge in [0.15, 0.2) is 0 Å². The highest BCUT2D eigenvalue weighted by atomic mass is 16.5. The van der Waals surface area contributed by atoms with Gasteiger partial charge >= 0.3 is 0 Å². The number of pyridine rings is 1. The molecule has 30 heavy (non-hydrogen) atoms. The van der Waals surface area contributed by atoms with Gasteiger partial charge in [0.2, 0.25) is 0 Å². The highest BCUT2D eigenvalue weighted by Gasteiger charge is 2.24. The summed E-state index contributed by atoms with van der Waals surface area (Å²) in [5.74, 6) is 1.58. The van der Waals surface area contributed by atoms with E-state index >= 15 is 0 Å². The molecule has 2 heterocycles. The molecule has 0 saturated carbocycles. The lowest BCUT2D eigenvalue weighted by molar-refractivity contribution is 0.0747. The largest absolute Gasteiger partial charge is 0.497 e. The molecule has 0 spiro atoms. The molecule has 1 amide bonds. The van der Waals surface area contributed by atoms with Gasteiger partial charge < -0.3 is 19.3 Å². The van der Waals surface area contributed by atoms with Gasteiger partial charge in [0.05, 0.1) is 14.2 Å². The topological polar surface area (TPSA) is 54.9 Å². The average molecular weight is 403 g/mol. The first kappa shape index (κ1) is 19.8. The Morgan fingerprint density at radius 2 is 1.50 bits per heavy atom. The average Bonchev–Trinajstić information content (AvgIpc) is 2.84. The minimum Gasteiger partial charge on any atom is -0.497 e. The minimum absolute atomic E-state index is 0.0604. The molecule has 0 radical (unpaired) electrons. The minimum atomic E-state index is 0.0604. The van der Waals surface area contributed by atoms with Crippen LogP contribution in [0.5, 0.6) is 11.5 Å². The lowest BCUT2D eigenvalue weighted by atomic mass is 9.99. The van der Waals surface area contributed by atoms with E-state index in [0.29, 0.717) is 13.1 Å². The van der Waals surface area contributed by atoms with Gasteiger partial charge in [-0.1, -0.05) is 18.2 Å². The summed E-state index contributed by atoms with van der Waals surface area (Å²) in [6.07, 6.45) is 3.50. The van der Waals surface area contributed by atoms with Crippen LogP contribution < -0.4 is 14.4 Å². The Morgan fingerprint density at radius 3 is 2.13 bits per heavy atom. The number of hydrogen-bond donors (Lipinski definition) is 0. The molecule has 0 unspecified atom stereocenters. The number of carbonyl (C=O) groups is 1. The fourth-order valence-electron chi connectivity index (χ4n) is 3.77. The van der Waals surface area contributed by atoms with Crippen LogP contribution >= 0.6 is 0 Å². The summed E-state index contributed by atoms with van der Waals surface area (Å²) >= 11 is 0. The second-order valence-electron chi connectivity index (χ2n) is 7.13. The normalized spacial score (nSPS) is 13.8. The Morgan fingerprint density at radius 1 is 0.867 bits per heavy atom. The van der Waals surface area contributed by atoms with Crippen molar-refractivity contribution in [1.29, 1.82) is 0 Å². The molecule has 1 aliphatic heterocycles. The lowest BCUT2D eigenvalue weighted by Crippen LogP contribution is -2.48. The zero-order chi connectivity index (χ0) is 20.9. The van der Waals surface area contributed by atoms with Crippen LogP contribution in [0.25, 0.3) is 11.1 Å². The molecule has 6 nitrogen and oxygen atoms in total. The quantitative estimate of drug-likeness (QED) is 0.650. The summed E-state index contributed by atoms with van der Waals surface area (Å²) in [7, 11) is 3.30. The summed E-state index contributed by atoms with van der Waals surface area (Å²) in [5.41, 5.74) is 3.69. The predicted molar refractivity (Wildman–Crippen MR) is 117 cm³/mol. The number of carbonyl (C=O) groups excluding carboxylic acids is 1. The van der Waals surface area contributed by atoms with Crippen molar-refractivity contribution in [3.63, 3.8) is 0 Å². The molecule has 0 atom stereocenters. The van der Waals surface area contributed by atoms with Crippen molar-refractivity contribution in [2.24, 2.45) is 0 Å². The Bertz CT molecular complexity index is 993. The third-order valence-corrected chi connectivity index (χ3v) is 5.42. The van der Waals surface area contributed by atoms with Crippen molar-refractivity contribution in [3.8, 4) is 22.6 Å². The van der Waals surface area contributed by atoms with E-state index < -0.39 is 0 Å². The zero-order valence-corrected chi connectivity index (χ0v) is 17.2. The summed E-state index contributed by atoms with van der Waals surface area (Å²) in [5, 5.41) is 0. The molecule has 4 rings (SSSR count). The van der Waals surface area contributed by atoms with Crippen molar-refractivity contribution >= 4 is 11.6 Å². The van der Waals surface area contributed by atoms with Crippen LogP contribution in [0, 0.1) is 0 Å². The van der Waals surface area contributed by atoms with Crippen LogP contribution in [0.15, 0.2) is 67.0 Å². The number of aromatic nitrogens is 1. The summed E-state index contributed by atoms with van der Waals surface area (Å²) in [6.45, 7) is 2.81. The number of ether oxygens (including phenoxy) is 2. The fraction of sp³-hybridized carbons (Fsp3) is 0.250. The number of methoxy groups -OCH3 is 2. The molecule has 1 aliphatic rings. The third-order valence-electron chi connectivity index (χ3n) is 5.42. The van der Waals surface area contributed by atoms with E-state index in [1.807, 2.05) is 59.5 Å². The summed E-state index contributed by atoms with van der Waals surface area (Å²) < 4.78 is 10.8. The Kier molecular flexibility index (Phi) is 5.84. The van der Waals surface area contributed by atoms with Crippen molar-refractivity contribution in [2.75, 3.05) is 45.3 Å². The van der Waals surface area contributed by atoms with Gasteiger partial charge in [-0.3, -0.25) is 9.78 Å². The first-order valence-corrected chi connectivity index (χ1v) is 9.96. The van der Waals surface area contributed by atoms with E-state index in [2.05, 4.69) is 9.88 Å². The van der Waals surface area contributed by atoms with Crippen LogP contribution in [-0.2, 0) is 0 Å². The molecule has 154 valence electrons. The zero-order valence-electron chi connectivity index (χ0n) is 17.2. The Labute approximate surface area is 176 Å². The molecule has 2 aromatic carbocycles. The van der Waals surface area contributed by atoms with Crippen LogP contribution in [0.4, 0.5) is 5.69 Å². The molecule has 1 saturated heterocycles. The first-order valence-electron chi connectivity index (χ1n) is 9.96. The van der Waals surface area contributed by atoms with E-state index in [-0.39, 0.29) is 5.91 Å². The van der Waals surface area contributed by atoms with Crippen molar-refractivity contribution in [2.45, 2.75) is 0 Å². The van der Waals surface area contributed by atoms with Gasteiger partial charge in [-0.25, -0.2) is 0 Å². The van der Waals surface area contributed by atoms with Gasteiger partial charge in [0.1, 0.15) is 11.5 Å². The fourth-order valence-corrected chi connectivity index (χ4v) is 3.77. The maximum absolute atomic E-state index is 13.3. The number of hydrogen-bond acceptors (Lipinski definition) is 5. The Hall–Kier alpha value is -3.54. The van der Waals surface area contributed by atoms with E-state index in [1.165, 1.54) is 0 Å². The van der Waals surface area contributed by atoms with Crippen LogP contribution in [0.2, 0.25) is 0 Å². The second-order valence-corrected chi connectivity index (χ2v) is 7.13. The molecule has 6 heteroatoms. The van der Waals surface area contributed by atoms with Gasteiger partial charge in [-0.15, -0.1) is 0 Å². The molecule has 0 aliphatic carbocycles. The van der Waals surface area contributed by atoms with Crippen molar-refractivity contribution in [1.82, 2.24) is 9.88 Å². The molecule has 1 aromatic heterocycles. The summed E-state index contributed by atoms with van der Waals surface area (Å²) in [6, 6.07) is 17.5. The van der Waals surface area contributed by atoms with Crippen molar-refractivity contribution < 1.29 is 14.3 Å². The molecular weight excluding hydrogens is 378 g/mol. The van der Waals surface area contributed by atoms with E-state index in [0.717, 1.165) is 47.0 Å². The standard InChI is InChI=1S/C24H25N3O3/c1-29-20-15-19(16-21(17-20)30-2)26-11-13-27(14-12-26)24(28)23-6-4-3-5-22(23)18-7-9-25-10-8-18/h3-10,15-17H,11-14H2,1-2H3. The number of anilines is 1. The maximum Gasteiger partial charge on any atom is 0.254 e. The van der Waals surface area contributed by atoms with E-state index in [4.69, 9.17) is 9.47 Å². The van der Waals surface area contributed by atoms with Crippen LogP contribution in [0.1, 0.15) is 10.4 Å². The highest BCUT2D eigenvalue weighted by molar-refractivity contribution is 6.01. The third kappa shape index (κ3) is 4.08. The smallest absolute Gasteiger partial charge is 0.254 e. The van der Waals surface area contributed by atoms with Crippen LogP contribution in [0.3, 0.4) is 0 Å². The lowest BCUT2D eigenvalue weighted by Gasteiger charge is -2.36. The van der Waals surface area contributed by atoms with Gasteiger partial charge in [0.25, 0.3) is 5.91 Å². The predicted octanol–water partition coefficient (Wildman–Crippen LogP) is 3.73. The molecular formula is C24H25N3O3. The van der Waals surface area contributed by atoms with E-state index in [9.17, 15) is 4.79 Å². The molecule has 0 bridgehead atoms. The number of rotatable bonds is 5. The Balaban J connectivity index is 1.50. The molecule has 3 aromatic rings. The van der Waals surface area contributed by atoms with Gasteiger partial charge in [-0.05, 0) is 29.3 Å². The maximum atomic E-state index is 13.3. The number of piperazine rings is 1. The number of nitrogens with zero attached hydrogens (tertiary/aromatic N) is 3. The van der Waals surface area contributed by atoms with Crippen molar-refractivity contribution in [3.05, 3.63) is 72.6 Å². The number of benzene rings is 2. The first-order chi connectivity index (χ1) is 14.7. The van der Waals surface area contributed by atoms with E-state index in [1.54, 1.807) is 26.6 Å². The molecule has 0 N–H and O–H groups in total. The van der Waals surface area contributed by atoms with Gasteiger partial charge in [0, 0.05) is 68.0 Å². The summed E-state index contributed by atoms with van der Waals surface area (Å²) in [4.78, 5) is 21.5. The monoisotopic (exact) mass is 403 g/mol.